The van der Waals surface area contributed by atoms with Crippen molar-refractivity contribution in [1.82, 2.24) is 5.32 Å². The predicted octanol–water partition coefficient (Wildman–Crippen LogP) is 1.98. The molecule has 9 heteroatoms. The molecule has 1 aliphatic heterocycles. The highest BCUT2D eigenvalue weighted by molar-refractivity contribution is 8.03. The summed E-state index contributed by atoms with van der Waals surface area (Å²) in [5, 5.41) is 12.7. The van der Waals surface area contributed by atoms with E-state index in [4.69, 9.17) is 16.3 Å². The smallest absolute Gasteiger partial charge is 0.319 e. The third kappa shape index (κ3) is 4.00. The number of halogens is 1. The van der Waals surface area contributed by atoms with Crippen molar-refractivity contribution in [3.8, 4) is 6.07 Å². The molecule has 7 nitrogen and oxygen atoms in total. The third-order valence-corrected chi connectivity index (χ3v) is 5.12. The van der Waals surface area contributed by atoms with Crippen LogP contribution in [0.1, 0.15) is 11.5 Å². The second-order valence-corrected chi connectivity index (χ2v) is 6.60. The Kier molecular flexibility index (Phi) is 6.66. The van der Waals surface area contributed by atoms with Crippen molar-refractivity contribution in [2.24, 2.45) is 5.92 Å². The van der Waals surface area contributed by atoms with Crippen molar-refractivity contribution in [2.45, 2.75) is 5.92 Å². The average molecular weight is 395 g/mol. The highest BCUT2D eigenvalue weighted by Gasteiger charge is 2.45. The van der Waals surface area contributed by atoms with Gasteiger partial charge in [-0.05, 0) is 11.6 Å². The number of hydrogen-bond acceptors (Lipinski definition) is 7. The molecule has 2 atom stereocenters. The number of thioether (sulfide) groups is 1. The number of methoxy groups -OCH3 is 2. The van der Waals surface area contributed by atoms with Crippen molar-refractivity contribution in [3.63, 3.8) is 0 Å². The highest BCUT2D eigenvalue weighted by Crippen LogP contribution is 2.42. The first-order chi connectivity index (χ1) is 12.4. The molecule has 1 aliphatic rings. The summed E-state index contributed by atoms with van der Waals surface area (Å²) in [6.07, 6.45) is 0. The molecule has 0 radical (unpaired) electrons. The number of benzene rings is 1. The van der Waals surface area contributed by atoms with E-state index in [-0.39, 0.29) is 16.4 Å². The maximum absolute atomic E-state index is 12.5. The van der Waals surface area contributed by atoms with Gasteiger partial charge in [0.15, 0.2) is 0 Å². The van der Waals surface area contributed by atoms with Crippen molar-refractivity contribution >= 4 is 41.2 Å². The number of carbonyl (C=O) groups excluding carboxylic acids is 3. The molecule has 1 aromatic carbocycles. The molecule has 0 aromatic heterocycles. The number of amides is 1. The minimum absolute atomic E-state index is 0.102. The van der Waals surface area contributed by atoms with E-state index in [0.29, 0.717) is 10.6 Å². The maximum Gasteiger partial charge on any atom is 0.319 e. The SMILES string of the molecule is COC(=O)CSC1=C(C#N)[C@H](c2ccccc2Cl)[C@@H](C(=O)OC)C(=O)N1. The first-order valence-corrected chi connectivity index (χ1v) is 8.78. The average Bonchev–Trinajstić information content (AvgIpc) is 2.65. The van der Waals surface area contributed by atoms with E-state index in [1.165, 1.54) is 7.11 Å². The van der Waals surface area contributed by atoms with E-state index in [9.17, 15) is 19.6 Å². The lowest BCUT2D eigenvalue weighted by Crippen LogP contribution is -2.44. The topological polar surface area (TPSA) is 105 Å². The number of allylic oxidation sites excluding steroid dienone is 1. The Morgan fingerprint density at radius 2 is 2.00 bits per heavy atom. The lowest BCUT2D eigenvalue weighted by molar-refractivity contribution is -0.150. The van der Waals surface area contributed by atoms with Crippen LogP contribution in [0.2, 0.25) is 5.02 Å². The van der Waals surface area contributed by atoms with Crippen LogP contribution in [-0.2, 0) is 23.9 Å². The number of esters is 2. The molecular weight excluding hydrogens is 380 g/mol. The first-order valence-electron chi connectivity index (χ1n) is 7.41. The van der Waals surface area contributed by atoms with Gasteiger partial charge in [0, 0.05) is 10.9 Å². The van der Waals surface area contributed by atoms with Gasteiger partial charge in [0.1, 0.15) is 5.92 Å². The second kappa shape index (κ2) is 8.74. The Morgan fingerprint density at radius 3 is 2.58 bits per heavy atom. The zero-order valence-corrected chi connectivity index (χ0v) is 15.5. The Balaban J connectivity index is 2.58. The molecule has 2 rings (SSSR count). The molecule has 1 heterocycles. The summed E-state index contributed by atoms with van der Waals surface area (Å²) in [6.45, 7) is 0. The zero-order valence-electron chi connectivity index (χ0n) is 13.9. The van der Waals surface area contributed by atoms with E-state index in [1.54, 1.807) is 24.3 Å². The fourth-order valence-corrected chi connectivity index (χ4v) is 3.71. The van der Waals surface area contributed by atoms with E-state index in [0.717, 1.165) is 18.9 Å². The second-order valence-electron chi connectivity index (χ2n) is 5.21. The van der Waals surface area contributed by atoms with Gasteiger partial charge < -0.3 is 14.8 Å². The van der Waals surface area contributed by atoms with Crippen molar-refractivity contribution < 1.29 is 23.9 Å². The lowest BCUT2D eigenvalue weighted by Gasteiger charge is -2.31. The van der Waals surface area contributed by atoms with Gasteiger partial charge in [-0.3, -0.25) is 14.4 Å². The van der Waals surface area contributed by atoms with Crippen molar-refractivity contribution in [3.05, 3.63) is 45.5 Å². The number of nitrogens with one attached hydrogen (secondary N) is 1. The van der Waals surface area contributed by atoms with Gasteiger partial charge in [0.05, 0.1) is 36.6 Å². The van der Waals surface area contributed by atoms with Crippen LogP contribution in [-0.4, -0.2) is 37.8 Å². The van der Waals surface area contributed by atoms with Crippen LogP contribution >= 0.6 is 23.4 Å². The largest absolute Gasteiger partial charge is 0.468 e. The number of nitriles is 1. The number of rotatable bonds is 5. The van der Waals surface area contributed by atoms with Crippen molar-refractivity contribution in [1.29, 1.82) is 5.26 Å². The molecule has 0 aliphatic carbocycles. The molecule has 0 saturated carbocycles. The third-order valence-electron chi connectivity index (χ3n) is 3.79. The molecule has 0 fully saturated rings. The van der Waals surface area contributed by atoms with Gasteiger partial charge in [0.25, 0.3) is 0 Å². The van der Waals surface area contributed by atoms with E-state index in [1.807, 2.05) is 6.07 Å². The van der Waals surface area contributed by atoms with Gasteiger partial charge in [-0.15, -0.1) is 0 Å². The quantitative estimate of drug-likeness (QED) is 0.601. The molecule has 0 bridgehead atoms. The normalized spacial score (nSPS) is 19.4. The summed E-state index contributed by atoms with van der Waals surface area (Å²) in [4.78, 5) is 36.2. The molecule has 0 unspecified atom stereocenters. The van der Waals surface area contributed by atoms with Gasteiger partial charge in [-0.25, -0.2) is 0 Å². The van der Waals surface area contributed by atoms with Crippen molar-refractivity contribution in [2.75, 3.05) is 20.0 Å². The van der Waals surface area contributed by atoms with Gasteiger partial charge in [-0.1, -0.05) is 41.6 Å². The van der Waals surface area contributed by atoms with Crippen LogP contribution in [0.15, 0.2) is 34.9 Å². The van der Waals surface area contributed by atoms with Crippen LogP contribution < -0.4 is 5.32 Å². The fraction of sp³-hybridized carbons (Fsp3) is 0.294. The van der Waals surface area contributed by atoms with Crippen LogP contribution in [0.4, 0.5) is 0 Å². The summed E-state index contributed by atoms with van der Waals surface area (Å²) < 4.78 is 9.31. The fourth-order valence-electron chi connectivity index (χ4n) is 2.57. The molecule has 136 valence electrons. The Hall–Kier alpha value is -2.50. The molecule has 0 saturated heterocycles. The lowest BCUT2D eigenvalue weighted by atomic mass is 9.78. The summed E-state index contributed by atoms with van der Waals surface area (Å²) in [7, 11) is 2.40. The summed E-state index contributed by atoms with van der Waals surface area (Å²) in [5.41, 5.74) is 0.578. The van der Waals surface area contributed by atoms with Crippen LogP contribution in [0.5, 0.6) is 0 Å². The zero-order chi connectivity index (χ0) is 19.3. The minimum atomic E-state index is -1.27. The molecule has 0 spiro atoms. The van der Waals surface area contributed by atoms with Gasteiger partial charge in [-0.2, -0.15) is 5.26 Å². The monoisotopic (exact) mass is 394 g/mol. The first kappa shape index (κ1) is 19.8. The van der Waals surface area contributed by atoms with E-state index < -0.39 is 29.7 Å². The molecule has 1 N–H and O–H groups in total. The number of nitrogens with zero attached hydrogens (tertiary/aromatic N) is 1. The van der Waals surface area contributed by atoms with Gasteiger partial charge >= 0.3 is 11.9 Å². The number of hydrogen-bond donors (Lipinski definition) is 1. The molecule has 26 heavy (non-hydrogen) atoms. The highest BCUT2D eigenvalue weighted by atomic mass is 35.5. The maximum atomic E-state index is 12.5. The van der Waals surface area contributed by atoms with E-state index >= 15 is 0 Å². The molecular formula is C17H15ClN2O5S. The van der Waals surface area contributed by atoms with E-state index in [2.05, 4.69) is 10.1 Å². The van der Waals surface area contributed by atoms with Gasteiger partial charge in [0.2, 0.25) is 5.91 Å². The molecule has 1 amide bonds. The Bertz CT molecular complexity index is 818. The summed E-state index contributed by atoms with van der Waals surface area (Å²) >= 11 is 7.19. The molecule has 1 aromatic rings. The van der Waals surface area contributed by atoms with Crippen LogP contribution in [0.25, 0.3) is 0 Å². The summed E-state index contributed by atoms with van der Waals surface area (Å²) in [6, 6.07) is 8.66. The summed E-state index contributed by atoms with van der Waals surface area (Å²) in [5.74, 6) is -4.22. The van der Waals surface area contributed by atoms with Crippen LogP contribution in [0.3, 0.4) is 0 Å². The predicted molar refractivity (Wildman–Crippen MR) is 95.0 cm³/mol. The Labute approximate surface area is 159 Å². The number of ether oxygens (including phenoxy) is 2. The standard InChI is InChI=1S/C17H15ClN2O5S/c1-24-12(21)8-26-16-10(7-19)13(9-5-3-4-6-11(9)18)14(15(22)20-16)17(23)25-2/h3-6,13-14H,8H2,1-2H3,(H,20,22)/t13-,14+/m0/s1. The number of carbonyl (C=O) groups is 3. The minimum Gasteiger partial charge on any atom is -0.468 e. The van der Waals surface area contributed by atoms with Crippen LogP contribution in [0, 0.1) is 17.2 Å². The Morgan fingerprint density at radius 1 is 1.31 bits per heavy atom.